The van der Waals surface area contributed by atoms with E-state index in [9.17, 15) is 4.79 Å². The average Bonchev–Trinajstić information content (AvgIpc) is 3.17. The molecule has 0 atom stereocenters. The summed E-state index contributed by atoms with van der Waals surface area (Å²) in [5, 5.41) is 0.508. The van der Waals surface area contributed by atoms with Crippen LogP contribution in [0.25, 0.3) is 23.2 Å². The van der Waals surface area contributed by atoms with E-state index in [0.717, 1.165) is 29.8 Å². The number of nitrogens with one attached hydrogen (secondary N) is 1. The van der Waals surface area contributed by atoms with Crippen LogP contribution in [0.15, 0.2) is 65.6 Å². The van der Waals surface area contributed by atoms with Gasteiger partial charge < -0.3 is 4.90 Å². The molecule has 0 bridgehead atoms. The van der Waals surface area contributed by atoms with Crippen LogP contribution in [-0.4, -0.2) is 21.5 Å². The first kappa shape index (κ1) is 17.4. The van der Waals surface area contributed by atoms with Gasteiger partial charge in [0.1, 0.15) is 0 Å². The third-order valence-corrected chi connectivity index (χ3v) is 5.40. The van der Waals surface area contributed by atoms with Crippen molar-refractivity contribution >= 4 is 34.8 Å². The van der Waals surface area contributed by atoms with Crippen LogP contribution in [0.4, 0.5) is 11.6 Å². The summed E-state index contributed by atoms with van der Waals surface area (Å²) in [4.78, 5) is 27.0. The van der Waals surface area contributed by atoms with Gasteiger partial charge in [-0.3, -0.25) is 9.78 Å². The largest absolute Gasteiger partial charge is 0.311 e. The third-order valence-electron chi connectivity index (χ3n) is 5.40. The molecule has 0 radical (unpaired) electrons. The number of hydrogen-bond acceptors (Lipinski definition) is 4. The molecule has 1 aliphatic heterocycles. The van der Waals surface area contributed by atoms with E-state index in [4.69, 9.17) is 0 Å². The fourth-order valence-electron chi connectivity index (χ4n) is 3.85. The van der Waals surface area contributed by atoms with Crippen molar-refractivity contribution in [3.8, 4) is 0 Å². The van der Waals surface area contributed by atoms with Gasteiger partial charge in [-0.15, -0.1) is 0 Å². The van der Waals surface area contributed by atoms with Crippen molar-refractivity contribution in [3.05, 3.63) is 93.4 Å². The molecule has 4 aromatic rings. The zero-order valence-corrected chi connectivity index (χ0v) is 16.1. The van der Waals surface area contributed by atoms with Crippen molar-refractivity contribution in [2.24, 2.45) is 0 Å². The van der Waals surface area contributed by atoms with Crippen LogP contribution in [0.2, 0.25) is 0 Å². The summed E-state index contributed by atoms with van der Waals surface area (Å²) in [5.74, 6) is 0.542. The Morgan fingerprint density at radius 1 is 1.00 bits per heavy atom. The van der Waals surface area contributed by atoms with E-state index in [1.807, 2.05) is 47.4 Å². The summed E-state index contributed by atoms with van der Waals surface area (Å²) < 4.78 is 0. The van der Waals surface area contributed by atoms with Gasteiger partial charge >= 0.3 is 0 Å². The van der Waals surface area contributed by atoms with Crippen molar-refractivity contribution < 1.29 is 0 Å². The third kappa shape index (κ3) is 3.10. The fourth-order valence-corrected chi connectivity index (χ4v) is 3.85. The Hall–Kier alpha value is -3.73. The molecule has 0 aliphatic carbocycles. The van der Waals surface area contributed by atoms with Gasteiger partial charge in [0.2, 0.25) is 5.95 Å². The number of anilines is 2. The van der Waals surface area contributed by atoms with Crippen molar-refractivity contribution in [1.82, 2.24) is 15.0 Å². The minimum atomic E-state index is -0.174. The van der Waals surface area contributed by atoms with E-state index < -0.39 is 0 Å². The Bertz CT molecular complexity index is 1310. The number of pyridine rings is 1. The quantitative estimate of drug-likeness (QED) is 0.569. The van der Waals surface area contributed by atoms with E-state index in [-0.39, 0.29) is 5.56 Å². The molecule has 29 heavy (non-hydrogen) atoms. The molecular weight excluding hydrogens is 360 g/mol. The number of rotatable bonds is 3. The topological polar surface area (TPSA) is 61.9 Å². The zero-order chi connectivity index (χ0) is 19.8. The maximum absolute atomic E-state index is 13.0. The molecule has 1 N–H and O–H groups in total. The number of aryl methyl sites for hydroxylation is 1. The molecule has 1 aliphatic rings. The molecule has 0 saturated carbocycles. The fraction of sp³-hybridized carbons (Fsp3) is 0.125. The van der Waals surface area contributed by atoms with Crippen LogP contribution in [0.5, 0.6) is 0 Å². The first-order chi connectivity index (χ1) is 14.2. The Kier molecular flexibility index (Phi) is 4.21. The van der Waals surface area contributed by atoms with Crippen molar-refractivity contribution in [1.29, 1.82) is 0 Å². The summed E-state index contributed by atoms with van der Waals surface area (Å²) >= 11 is 0. The summed E-state index contributed by atoms with van der Waals surface area (Å²) in [6.45, 7) is 2.86. The highest BCUT2D eigenvalue weighted by atomic mass is 16.1. The van der Waals surface area contributed by atoms with Gasteiger partial charge in [-0.1, -0.05) is 54.6 Å². The summed E-state index contributed by atoms with van der Waals surface area (Å²) in [6.07, 6.45) is 6.61. The van der Waals surface area contributed by atoms with E-state index in [1.54, 1.807) is 6.20 Å². The maximum atomic E-state index is 13.0. The monoisotopic (exact) mass is 380 g/mol. The maximum Gasteiger partial charge on any atom is 0.262 e. The Labute approximate surface area is 168 Å². The number of para-hydroxylation sites is 1. The number of hydrogen-bond donors (Lipinski definition) is 1. The Balaban J connectivity index is 1.58. The summed E-state index contributed by atoms with van der Waals surface area (Å²) in [5.41, 5.74) is 5.74. The summed E-state index contributed by atoms with van der Waals surface area (Å²) in [7, 11) is 0. The molecular formula is C24H20N4O. The molecule has 0 saturated heterocycles. The van der Waals surface area contributed by atoms with E-state index >= 15 is 0 Å². The molecule has 0 spiro atoms. The highest BCUT2D eigenvalue weighted by Gasteiger charge is 2.22. The minimum absolute atomic E-state index is 0.174. The second kappa shape index (κ2) is 7.02. The van der Waals surface area contributed by atoms with Crippen molar-refractivity contribution in [3.63, 3.8) is 0 Å². The Morgan fingerprint density at radius 3 is 2.69 bits per heavy atom. The lowest BCUT2D eigenvalue weighted by molar-refractivity contribution is 0.938. The smallest absolute Gasteiger partial charge is 0.262 e. The molecule has 142 valence electrons. The van der Waals surface area contributed by atoms with Gasteiger partial charge in [-0.05, 0) is 47.7 Å². The number of aromatic nitrogens is 3. The standard InChI is InChI=1S/C24H20N4O/c1-16-6-2-3-7-17(16)10-11-19-12-14-25-22-21(19)23(29)27-24(26-22)28-15-13-18-8-4-5-9-20(18)28/h2-12,14H,13,15H2,1H3,(H,25,26,27,29)/b11-10+. The molecule has 5 rings (SSSR count). The van der Waals surface area contributed by atoms with Gasteiger partial charge in [0.15, 0.2) is 5.65 Å². The second-order valence-electron chi connectivity index (χ2n) is 7.21. The van der Waals surface area contributed by atoms with Crippen LogP contribution < -0.4 is 10.5 Å². The van der Waals surface area contributed by atoms with Crippen LogP contribution in [-0.2, 0) is 6.42 Å². The van der Waals surface area contributed by atoms with Crippen molar-refractivity contribution in [2.45, 2.75) is 13.3 Å². The van der Waals surface area contributed by atoms with Gasteiger partial charge in [0, 0.05) is 18.4 Å². The molecule has 2 aromatic heterocycles. The van der Waals surface area contributed by atoms with Crippen LogP contribution in [0.3, 0.4) is 0 Å². The molecule has 5 heteroatoms. The average molecular weight is 380 g/mol. The number of fused-ring (bicyclic) bond motifs is 2. The lowest BCUT2D eigenvalue weighted by Gasteiger charge is -2.17. The van der Waals surface area contributed by atoms with Gasteiger partial charge in [-0.25, -0.2) is 4.98 Å². The Morgan fingerprint density at radius 2 is 1.79 bits per heavy atom. The highest BCUT2D eigenvalue weighted by Crippen LogP contribution is 2.32. The number of aromatic amines is 1. The van der Waals surface area contributed by atoms with E-state index in [2.05, 4.69) is 46.1 Å². The molecule has 2 aromatic carbocycles. The lowest BCUT2D eigenvalue weighted by Crippen LogP contribution is -2.21. The summed E-state index contributed by atoms with van der Waals surface area (Å²) in [6, 6.07) is 18.2. The van der Waals surface area contributed by atoms with Gasteiger partial charge in [0.25, 0.3) is 5.56 Å². The molecule has 0 unspecified atom stereocenters. The molecule has 3 heterocycles. The molecule has 5 nitrogen and oxygen atoms in total. The van der Waals surface area contributed by atoms with E-state index in [1.165, 1.54) is 11.1 Å². The number of benzene rings is 2. The van der Waals surface area contributed by atoms with Gasteiger partial charge in [0.05, 0.1) is 5.39 Å². The molecule has 0 fully saturated rings. The highest BCUT2D eigenvalue weighted by molar-refractivity contribution is 5.88. The first-order valence-electron chi connectivity index (χ1n) is 9.69. The van der Waals surface area contributed by atoms with Crippen LogP contribution in [0, 0.1) is 6.92 Å². The minimum Gasteiger partial charge on any atom is -0.311 e. The van der Waals surface area contributed by atoms with Crippen LogP contribution >= 0.6 is 0 Å². The number of nitrogens with zero attached hydrogens (tertiary/aromatic N) is 3. The second-order valence-corrected chi connectivity index (χ2v) is 7.21. The predicted molar refractivity (Wildman–Crippen MR) is 117 cm³/mol. The normalized spacial score (nSPS) is 13.3. The molecule has 0 amide bonds. The lowest BCUT2D eigenvalue weighted by atomic mass is 10.1. The van der Waals surface area contributed by atoms with Crippen LogP contribution in [0.1, 0.15) is 22.3 Å². The SMILES string of the molecule is Cc1ccccc1/C=C/c1ccnc2nc(N3CCc4ccccc43)[nH]c(=O)c12. The zero-order valence-electron chi connectivity index (χ0n) is 16.1. The predicted octanol–water partition coefficient (Wildman–Crippen LogP) is 4.49. The number of H-pyrrole nitrogens is 1. The van der Waals surface area contributed by atoms with Crippen molar-refractivity contribution in [2.75, 3.05) is 11.4 Å². The van der Waals surface area contributed by atoms with Gasteiger partial charge in [-0.2, -0.15) is 4.98 Å². The first-order valence-corrected chi connectivity index (χ1v) is 9.69. The van der Waals surface area contributed by atoms with E-state index in [0.29, 0.717) is 17.0 Å².